The van der Waals surface area contributed by atoms with Crippen molar-refractivity contribution in [1.82, 2.24) is 4.90 Å². The van der Waals surface area contributed by atoms with Gasteiger partial charge in [0, 0.05) is 24.9 Å². The van der Waals surface area contributed by atoms with Gasteiger partial charge in [-0.1, -0.05) is 6.07 Å². The van der Waals surface area contributed by atoms with Gasteiger partial charge in [-0.15, -0.1) is 0 Å². The fourth-order valence-corrected chi connectivity index (χ4v) is 4.31. The third-order valence-electron chi connectivity index (χ3n) is 5.33. The number of halogens is 3. The molecule has 2 fully saturated rings. The predicted molar refractivity (Wildman–Crippen MR) is 94.2 cm³/mol. The van der Waals surface area contributed by atoms with Gasteiger partial charge in [-0.3, -0.25) is 0 Å². The number of aliphatic hydroxyl groups is 1. The second-order valence-electron chi connectivity index (χ2n) is 8.58. The summed E-state index contributed by atoms with van der Waals surface area (Å²) in [5, 5.41) is 20.1. The molecule has 2 bridgehead atoms. The Morgan fingerprint density at radius 2 is 1.82 bits per heavy atom. The smallest absolute Gasteiger partial charge is 0.416 e. The van der Waals surface area contributed by atoms with E-state index in [-0.39, 0.29) is 24.0 Å². The quantitative estimate of drug-likeness (QED) is 0.767. The number of hydrogen-bond acceptors (Lipinski definition) is 4. The van der Waals surface area contributed by atoms with E-state index in [1.165, 1.54) is 12.1 Å². The zero-order valence-corrected chi connectivity index (χ0v) is 16.0. The third-order valence-corrected chi connectivity index (χ3v) is 5.33. The maximum absolute atomic E-state index is 13.6. The number of alkyl halides is 3. The number of carbonyl (C=O) groups excluding carboxylic acids is 1. The molecule has 2 atom stereocenters. The monoisotopic (exact) mass is 396 g/mol. The molecule has 2 unspecified atom stereocenters. The Morgan fingerprint density at radius 3 is 2.29 bits per heavy atom. The summed E-state index contributed by atoms with van der Waals surface area (Å²) in [7, 11) is 0. The second kappa shape index (κ2) is 6.66. The summed E-state index contributed by atoms with van der Waals surface area (Å²) < 4.78 is 46.2. The predicted octanol–water partition coefficient (Wildman–Crippen LogP) is 4.33. The van der Waals surface area contributed by atoms with E-state index in [2.05, 4.69) is 0 Å². The Kier molecular flexibility index (Phi) is 4.87. The van der Waals surface area contributed by atoms with Crippen LogP contribution in [0.25, 0.3) is 0 Å². The van der Waals surface area contributed by atoms with Crippen LogP contribution in [0.15, 0.2) is 18.2 Å². The molecule has 1 aromatic rings. The molecule has 8 heteroatoms. The topological polar surface area (TPSA) is 73.6 Å². The van der Waals surface area contributed by atoms with Crippen LogP contribution >= 0.6 is 0 Å². The van der Waals surface area contributed by atoms with E-state index < -0.39 is 41.1 Å². The fraction of sp³-hybridized carbons (Fsp3) is 0.600. The van der Waals surface area contributed by atoms with Gasteiger partial charge in [-0.25, -0.2) is 4.79 Å². The van der Waals surface area contributed by atoms with Crippen LogP contribution < -0.4 is 0 Å². The third kappa shape index (κ3) is 3.81. The van der Waals surface area contributed by atoms with Gasteiger partial charge >= 0.3 is 12.3 Å². The van der Waals surface area contributed by atoms with E-state index in [9.17, 15) is 23.1 Å². The lowest BCUT2D eigenvalue weighted by molar-refractivity contribution is -0.142. The van der Waals surface area contributed by atoms with Gasteiger partial charge in [0.15, 0.2) is 0 Å². The van der Waals surface area contributed by atoms with Crippen molar-refractivity contribution < 1.29 is 27.8 Å². The van der Waals surface area contributed by atoms with Crippen LogP contribution in [0.5, 0.6) is 0 Å². The molecule has 2 heterocycles. The molecule has 1 amide bonds. The number of fused-ring (bicyclic) bond motifs is 2. The molecule has 2 saturated heterocycles. The number of amides is 1. The summed E-state index contributed by atoms with van der Waals surface area (Å²) in [6, 6.07) is 4.16. The molecule has 3 rings (SSSR count). The molecule has 5 nitrogen and oxygen atoms in total. The summed E-state index contributed by atoms with van der Waals surface area (Å²) in [6.45, 7) is 5.25. The number of rotatable bonds is 1. The van der Waals surface area contributed by atoms with Crippen molar-refractivity contribution in [2.24, 2.45) is 0 Å². The van der Waals surface area contributed by atoms with Crippen LogP contribution in [-0.2, 0) is 16.5 Å². The van der Waals surface area contributed by atoms with Gasteiger partial charge in [-0.05, 0) is 51.3 Å². The zero-order valence-electron chi connectivity index (χ0n) is 16.0. The van der Waals surface area contributed by atoms with E-state index in [1.54, 1.807) is 31.7 Å². The first-order valence-electron chi connectivity index (χ1n) is 9.19. The minimum atomic E-state index is -4.70. The van der Waals surface area contributed by atoms with Crippen LogP contribution in [0.4, 0.5) is 18.0 Å². The van der Waals surface area contributed by atoms with Gasteiger partial charge in [0.25, 0.3) is 0 Å². The molecular formula is C20H23F3N2O3. The summed E-state index contributed by atoms with van der Waals surface area (Å²) in [5.41, 5.74) is -3.75. The Balaban J connectivity index is 1.93. The molecule has 0 spiro atoms. The minimum absolute atomic E-state index is 0.00226. The van der Waals surface area contributed by atoms with Gasteiger partial charge in [-0.2, -0.15) is 18.4 Å². The molecule has 1 N–H and O–H groups in total. The van der Waals surface area contributed by atoms with Gasteiger partial charge in [0.05, 0.1) is 22.8 Å². The molecule has 152 valence electrons. The standard InChI is InChI=1S/C20H23F3N2O3/c1-18(2,3)28-17(26)25-13-5-6-14(25)10-19(27,9-13)15-7-4-12(11-24)8-16(15)20(21,22)23/h4,7-8,13-14,27H,5-6,9-10H2,1-3H3. The van der Waals surface area contributed by atoms with Crippen LogP contribution in [0.1, 0.15) is 63.1 Å². The lowest BCUT2D eigenvalue weighted by Gasteiger charge is -2.44. The first-order valence-corrected chi connectivity index (χ1v) is 9.19. The highest BCUT2D eigenvalue weighted by Gasteiger charge is 2.53. The lowest BCUT2D eigenvalue weighted by Crippen LogP contribution is -2.53. The number of benzene rings is 1. The maximum Gasteiger partial charge on any atom is 0.416 e. The van der Waals surface area contributed by atoms with Crippen LogP contribution in [0.2, 0.25) is 0 Å². The van der Waals surface area contributed by atoms with E-state index >= 15 is 0 Å². The lowest BCUT2D eigenvalue weighted by atomic mass is 9.78. The van der Waals surface area contributed by atoms with E-state index in [1.807, 2.05) is 0 Å². The SMILES string of the molecule is CC(C)(C)OC(=O)N1C2CCC1CC(O)(c1ccc(C#N)cc1C(F)(F)F)C2. The highest BCUT2D eigenvalue weighted by molar-refractivity contribution is 5.70. The first kappa shape index (κ1) is 20.5. The van der Waals surface area contributed by atoms with E-state index in [0.717, 1.165) is 6.07 Å². The molecule has 2 aliphatic heterocycles. The molecular weight excluding hydrogens is 373 g/mol. The summed E-state index contributed by atoms with van der Waals surface area (Å²) in [5.74, 6) is 0. The molecule has 0 radical (unpaired) electrons. The Labute approximate surface area is 161 Å². The normalized spacial score (nSPS) is 27.4. The summed E-state index contributed by atoms with van der Waals surface area (Å²) >= 11 is 0. The second-order valence-corrected chi connectivity index (χ2v) is 8.58. The number of carbonyl (C=O) groups is 1. The average Bonchev–Trinajstić information content (AvgIpc) is 2.84. The summed E-state index contributed by atoms with van der Waals surface area (Å²) in [6.07, 6.45) is -4.00. The number of nitrogens with zero attached hydrogens (tertiary/aromatic N) is 2. The van der Waals surface area contributed by atoms with Crippen molar-refractivity contribution in [3.8, 4) is 6.07 Å². The zero-order chi connectivity index (χ0) is 20.9. The highest BCUT2D eigenvalue weighted by atomic mass is 19.4. The molecule has 28 heavy (non-hydrogen) atoms. The van der Waals surface area contributed by atoms with Crippen LogP contribution in [0, 0.1) is 11.3 Å². The van der Waals surface area contributed by atoms with Crippen molar-refractivity contribution >= 4 is 6.09 Å². The van der Waals surface area contributed by atoms with Crippen LogP contribution in [0.3, 0.4) is 0 Å². The summed E-state index contributed by atoms with van der Waals surface area (Å²) in [4.78, 5) is 14.1. The molecule has 0 saturated carbocycles. The largest absolute Gasteiger partial charge is 0.444 e. The molecule has 1 aromatic carbocycles. The van der Waals surface area contributed by atoms with Crippen molar-refractivity contribution in [3.05, 3.63) is 34.9 Å². The minimum Gasteiger partial charge on any atom is -0.444 e. The molecule has 0 aliphatic carbocycles. The van der Waals surface area contributed by atoms with Gasteiger partial charge in [0.1, 0.15) is 5.60 Å². The Bertz CT molecular complexity index is 809. The number of hydrogen-bond donors (Lipinski definition) is 1. The van der Waals surface area contributed by atoms with Gasteiger partial charge in [0.2, 0.25) is 0 Å². The number of piperidine rings is 1. The van der Waals surface area contributed by atoms with E-state index in [4.69, 9.17) is 10.00 Å². The molecule has 2 aliphatic rings. The Morgan fingerprint density at radius 1 is 1.25 bits per heavy atom. The number of nitriles is 1. The average molecular weight is 396 g/mol. The van der Waals surface area contributed by atoms with Crippen molar-refractivity contribution in [3.63, 3.8) is 0 Å². The Hall–Kier alpha value is -2.27. The van der Waals surface area contributed by atoms with Crippen molar-refractivity contribution in [2.75, 3.05) is 0 Å². The maximum atomic E-state index is 13.6. The van der Waals surface area contributed by atoms with Gasteiger partial charge < -0.3 is 14.7 Å². The molecule has 0 aromatic heterocycles. The van der Waals surface area contributed by atoms with E-state index in [0.29, 0.717) is 12.8 Å². The van der Waals surface area contributed by atoms with Crippen molar-refractivity contribution in [2.45, 2.75) is 75.9 Å². The number of ether oxygens (including phenoxy) is 1. The highest BCUT2D eigenvalue weighted by Crippen LogP contribution is 2.49. The fourth-order valence-electron chi connectivity index (χ4n) is 4.31. The van der Waals surface area contributed by atoms with Crippen LogP contribution in [-0.4, -0.2) is 33.8 Å². The first-order chi connectivity index (χ1) is 12.8. The van der Waals surface area contributed by atoms with Crippen molar-refractivity contribution in [1.29, 1.82) is 5.26 Å².